The van der Waals surface area contributed by atoms with E-state index < -0.39 is 0 Å². The van der Waals surface area contributed by atoms with Crippen LogP contribution in [0.1, 0.15) is 18.2 Å². The Morgan fingerprint density at radius 2 is 1.77 bits per heavy atom. The predicted molar refractivity (Wildman–Crippen MR) is 137 cm³/mol. The minimum Gasteiger partial charge on any atom is -0.487 e. The highest BCUT2D eigenvalue weighted by Crippen LogP contribution is 2.31. The smallest absolute Gasteiger partial charge is 0.310 e. The fraction of sp³-hybridized carbons (Fsp3) is 0.179. The maximum atomic E-state index is 12.0. The molecular formula is C28H26N4O3. The third-order valence-corrected chi connectivity index (χ3v) is 6.03. The van der Waals surface area contributed by atoms with Crippen LogP contribution in [-0.2, 0) is 29.6 Å². The summed E-state index contributed by atoms with van der Waals surface area (Å²) >= 11 is 0. The molecule has 0 saturated heterocycles. The maximum Gasteiger partial charge on any atom is 0.310 e. The van der Waals surface area contributed by atoms with E-state index in [0.717, 1.165) is 44.1 Å². The minimum absolute atomic E-state index is 0.164. The number of pyridine rings is 1. The molecular weight excluding hydrogens is 440 g/mol. The van der Waals surface area contributed by atoms with Crippen LogP contribution in [0, 0.1) is 0 Å². The lowest BCUT2D eigenvalue weighted by Gasteiger charge is -2.10. The summed E-state index contributed by atoms with van der Waals surface area (Å²) in [6.45, 7) is 2.42. The van der Waals surface area contributed by atoms with E-state index in [0.29, 0.717) is 18.2 Å². The summed E-state index contributed by atoms with van der Waals surface area (Å²) in [6, 6.07) is 21.9. The fourth-order valence-electron chi connectivity index (χ4n) is 4.30. The number of ether oxygens (including phenoxy) is 2. The first kappa shape index (κ1) is 22.4. The fourth-order valence-corrected chi connectivity index (χ4v) is 4.30. The van der Waals surface area contributed by atoms with Gasteiger partial charge in [-0.2, -0.15) is 5.10 Å². The number of carbonyl (C=O) groups excluding carboxylic acids is 1. The molecule has 176 valence electrons. The Hall–Kier alpha value is -4.39. The number of anilines is 1. The number of nitrogens with two attached hydrogens (primary N) is 1. The van der Waals surface area contributed by atoms with Crippen LogP contribution in [0.3, 0.4) is 0 Å². The van der Waals surface area contributed by atoms with Crippen molar-refractivity contribution in [3.05, 3.63) is 84.2 Å². The van der Waals surface area contributed by atoms with Crippen molar-refractivity contribution in [1.82, 2.24) is 14.8 Å². The van der Waals surface area contributed by atoms with Gasteiger partial charge in [0.2, 0.25) is 0 Å². The zero-order valence-corrected chi connectivity index (χ0v) is 19.7. The number of nitrogens with zero attached hydrogens (tertiary/aromatic N) is 3. The second-order valence-corrected chi connectivity index (χ2v) is 8.31. The van der Waals surface area contributed by atoms with E-state index >= 15 is 0 Å². The van der Waals surface area contributed by atoms with Gasteiger partial charge in [-0.1, -0.05) is 36.4 Å². The molecule has 0 aliphatic rings. The average molecular weight is 467 g/mol. The maximum absolute atomic E-state index is 12.0. The molecule has 35 heavy (non-hydrogen) atoms. The standard InChI is InChI=1S/C28H26N4O3/c1-3-34-27(33)16-21-6-4-5-7-26(21)35-17-24-23-15-20(10-11-25(23)32(2)31-24)19-9-8-18-12-13-30-28(29)22(18)14-19/h4-15H,3,16-17H2,1-2H3,(H2,29,30). The van der Waals surface area contributed by atoms with Crippen LogP contribution in [0.25, 0.3) is 32.8 Å². The monoisotopic (exact) mass is 466 g/mol. The van der Waals surface area contributed by atoms with Crippen molar-refractivity contribution >= 4 is 33.5 Å². The van der Waals surface area contributed by atoms with Gasteiger partial charge in [0.1, 0.15) is 23.9 Å². The molecule has 2 aromatic heterocycles. The second-order valence-electron chi connectivity index (χ2n) is 8.31. The first-order valence-corrected chi connectivity index (χ1v) is 11.5. The molecule has 7 heteroatoms. The Bertz CT molecular complexity index is 1540. The van der Waals surface area contributed by atoms with Crippen molar-refractivity contribution in [3.8, 4) is 16.9 Å². The van der Waals surface area contributed by atoms with Gasteiger partial charge in [-0.3, -0.25) is 9.48 Å². The van der Waals surface area contributed by atoms with Crippen LogP contribution in [0.4, 0.5) is 5.82 Å². The summed E-state index contributed by atoms with van der Waals surface area (Å²) in [6.07, 6.45) is 1.88. The molecule has 0 unspecified atom stereocenters. The van der Waals surface area contributed by atoms with Crippen LogP contribution in [0.15, 0.2) is 72.9 Å². The summed E-state index contributed by atoms with van der Waals surface area (Å²) in [5, 5.41) is 7.68. The van der Waals surface area contributed by atoms with E-state index in [2.05, 4.69) is 41.4 Å². The average Bonchev–Trinajstić information content (AvgIpc) is 3.18. The van der Waals surface area contributed by atoms with E-state index in [1.165, 1.54) is 0 Å². The number of fused-ring (bicyclic) bond motifs is 2. The van der Waals surface area contributed by atoms with Gasteiger partial charge >= 0.3 is 5.97 Å². The van der Waals surface area contributed by atoms with Gasteiger partial charge in [-0.05, 0) is 53.8 Å². The molecule has 2 N–H and O–H groups in total. The van der Waals surface area contributed by atoms with Crippen LogP contribution in [0.2, 0.25) is 0 Å². The van der Waals surface area contributed by atoms with Gasteiger partial charge in [-0.25, -0.2) is 4.98 Å². The number of benzene rings is 3. The zero-order valence-electron chi connectivity index (χ0n) is 19.7. The molecule has 0 fully saturated rings. The normalized spacial score (nSPS) is 11.1. The van der Waals surface area contributed by atoms with Gasteiger partial charge in [0, 0.05) is 29.6 Å². The molecule has 0 atom stereocenters. The SMILES string of the molecule is CCOC(=O)Cc1ccccc1OCc1nn(C)c2ccc(-c3ccc4ccnc(N)c4c3)cc12. The Labute approximate surface area is 203 Å². The first-order valence-electron chi connectivity index (χ1n) is 11.5. The largest absolute Gasteiger partial charge is 0.487 e. The molecule has 5 rings (SSSR count). The Morgan fingerprint density at radius 1 is 1.00 bits per heavy atom. The predicted octanol–water partition coefficient (Wildman–Crippen LogP) is 5.06. The quantitative estimate of drug-likeness (QED) is 0.337. The molecule has 5 aromatic rings. The van der Waals surface area contributed by atoms with Crippen LogP contribution in [0.5, 0.6) is 5.75 Å². The zero-order chi connectivity index (χ0) is 24.4. The Kier molecular flexibility index (Phi) is 6.06. The highest BCUT2D eigenvalue weighted by Gasteiger charge is 2.14. The molecule has 0 aliphatic carbocycles. The summed E-state index contributed by atoms with van der Waals surface area (Å²) in [4.78, 5) is 16.2. The van der Waals surface area contributed by atoms with Crippen molar-refractivity contribution in [2.24, 2.45) is 7.05 Å². The lowest BCUT2D eigenvalue weighted by Crippen LogP contribution is -2.09. The van der Waals surface area contributed by atoms with Crippen molar-refractivity contribution in [2.45, 2.75) is 20.0 Å². The summed E-state index contributed by atoms with van der Waals surface area (Å²) in [5.74, 6) is 0.887. The van der Waals surface area contributed by atoms with Crippen molar-refractivity contribution in [2.75, 3.05) is 12.3 Å². The van der Waals surface area contributed by atoms with E-state index in [-0.39, 0.29) is 19.0 Å². The molecule has 0 saturated carbocycles. The van der Waals surface area contributed by atoms with E-state index in [1.54, 1.807) is 13.1 Å². The highest BCUT2D eigenvalue weighted by molar-refractivity contribution is 5.95. The van der Waals surface area contributed by atoms with Crippen LogP contribution in [-0.4, -0.2) is 27.3 Å². The number of rotatable bonds is 7. The summed E-state index contributed by atoms with van der Waals surface area (Å²) in [5.41, 5.74) is 10.8. The number of hydrogen-bond donors (Lipinski definition) is 1. The van der Waals surface area contributed by atoms with Crippen LogP contribution >= 0.6 is 0 Å². The van der Waals surface area contributed by atoms with Crippen molar-refractivity contribution < 1.29 is 14.3 Å². The van der Waals surface area contributed by atoms with Gasteiger partial charge in [-0.15, -0.1) is 0 Å². The summed E-state index contributed by atoms with van der Waals surface area (Å²) in [7, 11) is 1.92. The molecule has 7 nitrogen and oxygen atoms in total. The summed E-state index contributed by atoms with van der Waals surface area (Å²) < 4.78 is 13.1. The Balaban J connectivity index is 1.45. The van der Waals surface area contributed by atoms with Crippen LogP contribution < -0.4 is 10.5 Å². The number of esters is 1. The molecule has 2 heterocycles. The van der Waals surface area contributed by atoms with Gasteiger partial charge in [0.05, 0.1) is 18.5 Å². The molecule has 0 amide bonds. The molecule has 0 spiro atoms. The topological polar surface area (TPSA) is 92.3 Å². The van der Waals surface area contributed by atoms with E-state index in [1.807, 2.05) is 42.1 Å². The molecule has 0 aliphatic heterocycles. The molecule has 3 aromatic carbocycles. The number of carbonyl (C=O) groups is 1. The highest BCUT2D eigenvalue weighted by atomic mass is 16.5. The van der Waals surface area contributed by atoms with E-state index in [4.69, 9.17) is 20.3 Å². The minimum atomic E-state index is -0.275. The third-order valence-electron chi connectivity index (χ3n) is 6.03. The second kappa shape index (κ2) is 9.46. The van der Waals surface area contributed by atoms with Crippen molar-refractivity contribution in [3.63, 3.8) is 0 Å². The lowest BCUT2D eigenvalue weighted by molar-refractivity contribution is -0.142. The van der Waals surface area contributed by atoms with Gasteiger partial charge in [0.25, 0.3) is 0 Å². The van der Waals surface area contributed by atoms with E-state index in [9.17, 15) is 4.79 Å². The number of aromatic nitrogens is 3. The van der Waals surface area contributed by atoms with Gasteiger partial charge < -0.3 is 15.2 Å². The number of aryl methyl sites for hydroxylation is 1. The molecule has 0 radical (unpaired) electrons. The lowest BCUT2D eigenvalue weighted by atomic mass is 10.00. The third kappa shape index (κ3) is 4.53. The number of nitrogen functional groups attached to an aromatic ring is 1. The number of para-hydroxylation sites is 1. The van der Waals surface area contributed by atoms with Gasteiger partial charge in [0.15, 0.2) is 0 Å². The first-order chi connectivity index (χ1) is 17.0. The van der Waals surface area contributed by atoms with Crippen molar-refractivity contribution in [1.29, 1.82) is 0 Å². The Morgan fingerprint density at radius 3 is 2.60 bits per heavy atom. The molecule has 0 bridgehead atoms. The number of hydrogen-bond acceptors (Lipinski definition) is 6.